The van der Waals surface area contributed by atoms with E-state index in [0.29, 0.717) is 11.0 Å². The van der Waals surface area contributed by atoms with Crippen molar-refractivity contribution in [1.29, 1.82) is 0 Å². The van der Waals surface area contributed by atoms with E-state index in [2.05, 4.69) is 45.6 Å². The molecule has 1 aromatic rings. The van der Waals surface area contributed by atoms with Crippen LogP contribution < -0.4 is 10.6 Å². The molecule has 0 unspecified atom stereocenters. The van der Waals surface area contributed by atoms with Crippen molar-refractivity contribution in [2.75, 3.05) is 31.1 Å². The fourth-order valence-electron chi connectivity index (χ4n) is 2.46. The molecule has 0 radical (unpaired) electrons. The molecule has 5 heteroatoms. The largest absolute Gasteiger partial charge is 0.389 e. The highest BCUT2D eigenvalue weighted by molar-refractivity contribution is 9.10. The van der Waals surface area contributed by atoms with E-state index in [1.807, 2.05) is 12.1 Å². The summed E-state index contributed by atoms with van der Waals surface area (Å²) in [5, 5.41) is 0. The van der Waals surface area contributed by atoms with Crippen LogP contribution >= 0.6 is 28.1 Å². The summed E-state index contributed by atoms with van der Waals surface area (Å²) in [6.07, 6.45) is 0. The topological polar surface area (TPSA) is 32.5 Å². The van der Waals surface area contributed by atoms with Crippen LogP contribution in [0, 0.1) is 0 Å². The van der Waals surface area contributed by atoms with E-state index in [1.54, 1.807) is 0 Å². The summed E-state index contributed by atoms with van der Waals surface area (Å²) in [4.78, 5) is 5.33. The zero-order chi connectivity index (χ0) is 14.0. The Balaban J connectivity index is 2.17. The summed E-state index contributed by atoms with van der Waals surface area (Å²) < 4.78 is 1.01. The highest BCUT2D eigenvalue weighted by atomic mass is 79.9. The lowest BCUT2D eigenvalue weighted by atomic mass is 10.1. The number of nitrogens with zero attached hydrogens (tertiary/aromatic N) is 2. The molecule has 1 saturated heterocycles. The number of halogens is 1. The maximum atomic E-state index is 5.84. The highest BCUT2D eigenvalue weighted by Gasteiger charge is 2.21. The van der Waals surface area contributed by atoms with E-state index >= 15 is 0 Å². The van der Waals surface area contributed by atoms with Crippen molar-refractivity contribution < 1.29 is 0 Å². The molecule has 1 aromatic carbocycles. The smallest absolute Gasteiger partial charge is 0.106 e. The second kappa shape index (κ2) is 6.20. The molecular weight excluding hydrogens is 322 g/mol. The Morgan fingerprint density at radius 3 is 2.42 bits per heavy atom. The van der Waals surface area contributed by atoms with Crippen molar-refractivity contribution in [3.05, 3.63) is 28.2 Å². The number of nitrogens with two attached hydrogens (primary N) is 1. The van der Waals surface area contributed by atoms with Gasteiger partial charge in [0, 0.05) is 47.9 Å². The molecule has 0 saturated carbocycles. The lowest BCUT2D eigenvalue weighted by Gasteiger charge is -2.38. The van der Waals surface area contributed by atoms with E-state index in [-0.39, 0.29) is 0 Å². The third-order valence-corrected chi connectivity index (χ3v) is 4.32. The third-order valence-electron chi connectivity index (χ3n) is 3.61. The Morgan fingerprint density at radius 1 is 1.26 bits per heavy atom. The summed E-state index contributed by atoms with van der Waals surface area (Å²) in [6, 6.07) is 6.77. The molecule has 0 bridgehead atoms. The molecule has 0 atom stereocenters. The molecule has 1 heterocycles. The molecule has 19 heavy (non-hydrogen) atoms. The maximum absolute atomic E-state index is 5.84. The molecule has 1 fully saturated rings. The van der Waals surface area contributed by atoms with Gasteiger partial charge in [0.05, 0.1) is 0 Å². The first-order chi connectivity index (χ1) is 8.99. The Labute approximate surface area is 128 Å². The minimum absolute atomic E-state index is 0.461. The van der Waals surface area contributed by atoms with Crippen molar-refractivity contribution in [1.82, 2.24) is 4.90 Å². The summed E-state index contributed by atoms with van der Waals surface area (Å²) in [5.41, 5.74) is 7.95. The van der Waals surface area contributed by atoms with Gasteiger partial charge in [-0.1, -0.05) is 28.1 Å². The van der Waals surface area contributed by atoms with Crippen LogP contribution in [0.3, 0.4) is 0 Å². The number of thiocarbonyl (C=S) groups is 1. The van der Waals surface area contributed by atoms with Crippen molar-refractivity contribution in [3.8, 4) is 0 Å². The first-order valence-corrected chi connectivity index (χ1v) is 7.77. The van der Waals surface area contributed by atoms with E-state index in [9.17, 15) is 0 Å². The van der Waals surface area contributed by atoms with E-state index < -0.39 is 0 Å². The predicted molar refractivity (Wildman–Crippen MR) is 89.0 cm³/mol. The molecule has 0 amide bonds. The van der Waals surface area contributed by atoms with Gasteiger partial charge < -0.3 is 10.6 Å². The van der Waals surface area contributed by atoms with Gasteiger partial charge in [0.25, 0.3) is 0 Å². The molecule has 0 aromatic heterocycles. The monoisotopic (exact) mass is 341 g/mol. The van der Waals surface area contributed by atoms with Crippen LogP contribution in [0.4, 0.5) is 5.69 Å². The Bertz CT molecular complexity index is 468. The van der Waals surface area contributed by atoms with Gasteiger partial charge in [-0.25, -0.2) is 0 Å². The lowest BCUT2D eigenvalue weighted by Crippen LogP contribution is -2.49. The number of piperazine rings is 1. The highest BCUT2D eigenvalue weighted by Crippen LogP contribution is 2.26. The quantitative estimate of drug-likeness (QED) is 0.856. The van der Waals surface area contributed by atoms with Crippen LogP contribution in [-0.4, -0.2) is 42.1 Å². The molecule has 3 nitrogen and oxygen atoms in total. The number of rotatable bonds is 3. The predicted octanol–water partition coefficient (Wildman–Crippen LogP) is 2.61. The first kappa shape index (κ1) is 14.8. The maximum Gasteiger partial charge on any atom is 0.106 e. The first-order valence-electron chi connectivity index (χ1n) is 6.57. The zero-order valence-corrected chi connectivity index (χ0v) is 13.8. The Kier molecular flexibility index (Phi) is 4.81. The summed E-state index contributed by atoms with van der Waals surface area (Å²) in [6.45, 7) is 8.71. The zero-order valence-electron chi connectivity index (χ0n) is 11.4. The molecule has 1 aliphatic rings. The van der Waals surface area contributed by atoms with Gasteiger partial charge in [-0.15, -0.1) is 0 Å². The van der Waals surface area contributed by atoms with Crippen molar-refractivity contribution in [2.45, 2.75) is 19.9 Å². The van der Waals surface area contributed by atoms with E-state index in [1.165, 1.54) is 0 Å². The van der Waals surface area contributed by atoms with Crippen molar-refractivity contribution in [3.63, 3.8) is 0 Å². The van der Waals surface area contributed by atoms with Gasteiger partial charge in [-0.3, -0.25) is 4.90 Å². The van der Waals surface area contributed by atoms with Gasteiger partial charge in [0.15, 0.2) is 0 Å². The summed E-state index contributed by atoms with van der Waals surface area (Å²) in [5.74, 6) is 0. The molecular formula is C14H20BrN3S. The molecule has 2 rings (SSSR count). The number of hydrogen-bond donors (Lipinski definition) is 1. The van der Waals surface area contributed by atoms with Crippen LogP contribution in [0.15, 0.2) is 22.7 Å². The summed E-state index contributed by atoms with van der Waals surface area (Å²) >= 11 is 8.64. The van der Waals surface area contributed by atoms with Crippen LogP contribution in [-0.2, 0) is 0 Å². The van der Waals surface area contributed by atoms with Crippen molar-refractivity contribution >= 4 is 38.8 Å². The van der Waals surface area contributed by atoms with Gasteiger partial charge in [0.2, 0.25) is 0 Å². The lowest BCUT2D eigenvalue weighted by molar-refractivity contribution is 0.209. The van der Waals surface area contributed by atoms with Gasteiger partial charge in [-0.05, 0) is 32.0 Å². The minimum atomic E-state index is 0.461. The van der Waals surface area contributed by atoms with E-state index in [4.69, 9.17) is 18.0 Å². The second-order valence-corrected chi connectivity index (χ2v) is 6.50. The molecule has 104 valence electrons. The van der Waals surface area contributed by atoms with Crippen molar-refractivity contribution in [2.24, 2.45) is 5.73 Å². The molecule has 0 aliphatic carbocycles. The average Bonchev–Trinajstić information content (AvgIpc) is 2.38. The van der Waals surface area contributed by atoms with Gasteiger partial charge in [0.1, 0.15) is 4.99 Å². The molecule has 0 spiro atoms. The van der Waals surface area contributed by atoms with Crippen LogP contribution in [0.2, 0.25) is 0 Å². The van der Waals surface area contributed by atoms with Gasteiger partial charge in [-0.2, -0.15) is 0 Å². The normalized spacial score (nSPS) is 16.9. The van der Waals surface area contributed by atoms with Crippen LogP contribution in [0.5, 0.6) is 0 Å². The SMILES string of the molecule is CC(C)N1CCN(c2ccc(Br)cc2C(N)=S)CC1. The van der Waals surface area contributed by atoms with Crippen LogP contribution in [0.25, 0.3) is 0 Å². The van der Waals surface area contributed by atoms with Crippen LogP contribution in [0.1, 0.15) is 19.4 Å². The Morgan fingerprint density at radius 2 is 1.89 bits per heavy atom. The fourth-order valence-corrected chi connectivity index (χ4v) is 2.99. The minimum Gasteiger partial charge on any atom is -0.389 e. The number of benzene rings is 1. The Hall–Kier alpha value is -0.650. The summed E-state index contributed by atoms with van der Waals surface area (Å²) in [7, 11) is 0. The third kappa shape index (κ3) is 3.46. The fraction of sp³-hybridized carbons (Fsp3) is 0.500. The standard InChI is InChI=1S/C14H20BrN3S/c1-10(2)17-5-7-18(8-6-17)13-4-3-11(15)9-12(13)14(16)19/h3-4,9-10H,5-8H2,1-2H3,(H2,16,19). The van der Waals surface area contributed by atoms with E-state index in [0.717, 1.165) is 41.9 Å². The number of anilines is 1. The average molecular weight is 342 g/mol. The molecule has 2 N–H and O–H groups in total. The molecule has 1 aliphatic heterocycles. The number of hydrogen-bond acceptors (Lipinski definition) is 3. The van der Waals surface area contributed by atoms with Gasteiger partial charge >= 0.3 is 0 Å². The second-order valence-electron chi connectivity index (χ2n) is 5.14.